The van der Waals surface area contributed by atoms with Gasteiger partial charge in [0.25, 0.3) is 0 Å². The minimum Gasteiger partial charge on any atom is -0.496 e. The van der Waals surface area contributed by atoms with Crippen LogP contribution in [0.25, 0.3) is 16.3 Å². The van der Waals surface area contributed by atoms with Gasteiger partial charge in [0.2, 0.25) is 0 Å². The number of Topliss-reactive ketones (excluding diaryl/α,β-unsaturated/α-hetero) is 1. The summed E-state index contributed by atoms with van der Waals surface area (Å²) in [5, 5.41) is 6.11. The van der Waals surface area contributed by atoms with Crippen LogP contribution in [-0.2, 0) is 4.79 Å². The molecule has 0 bridgehead atoms. The minimum absolute atomic E-state index is 0.150. The largest absolute Gasteiger partial charge is 0.496 e. The fraction of sp³-hybridized carbons (Fsp3) is 0.208. The molecule has 0 amide bonds. The van der Waals surface area contributed by atoms with Crippen LogP contribution in [0.2, 0.25) is 0 Å². The number of benzene rings is 3. The Morgan fingerprint density at radius 3 is 2.75 bits per heavy atom. The van der Waals surface area contributed by atoms with E-state index in [2.05, 4.69) is 63.7 Å². The molecule has 1 N–H and O–H groups in total. The quantitative estimate of drug-likeness (QED) is 0.516. The number of fused-ring (bicyclic) bond motifs is 4. The van der Waals surface area contributed by atoms with E-state index in [9.17, 15) is 4.79 Å². The fourth-order valence-corrected chi connectivity index (χ4v) is 5.04. The Morgan fingerprint density at radius 2 is 1.93 bits per heavy atom. The smallest absolute Gasteiger partial charge is 0.161 e. The monoisotopic (exact) mass is 433 g/mol. The predicted octanol–water partition coefficient (Wildman–Crippen LogP) is 6.28. The van der Waals surface area contributed by atoms with Crippen molar-refractivity contribution >= 4 is 43.7 Å². The maximum atomic E-state index is 13.0. The number of nitrogens with one attached hydrogen (secondary N) is 1. The van der Waals surface area contributed by atoms with E-state index < -0.39 is 0 Å². The molecule has 4 heteroatoms. The Labute approximate surface area is 172 Å². The first kappa shape index (κ1) is 17.5. The number of carbonyl (C=O) groups is 1. The molecule has 1 aliphatic carbocycles. The van der Waals surface area contributed by atoms with E-state index in [1.165, 1.54) is 21.9 Å². The number of carbonyl (C=O) groups excluding carboxylic acids is 1. The first-order chi connectivity index (χ1) is 13.7. The van der Waals surface area contributed by atoms with Gasteiger partial charge in [-0.05, 0) is 57.4 Å². The standard InChI is InChI=1S/C24H20BrNO2/c1-28-21-12-10-15(13-19(21)25)23-22-17(7-4-8-20(22)27)18-11-9-14-5-2-3-6-16(14)24(18)26-23/h2-3,5-6,9-13,23,26H,4,7-8H2,1H3/t23-/m1/s1. The molecule has 0 spiro atoms. The highest BCUT2D eigenvalue weighted by atomic mass is 79.9. The summed E-state index contributed by atoms with van der Waals surface area (Å²) in [5.41, 5.74) is 5.49. The van der Waals surface area contributed by atoms with Crippen molar-refractivity contribution in [1.82, 2.24) is 0 Å². The first-order valence-corrected chi connectivity index (χ1v) is 10.3. The molecular weight excluding hydrogens is 414 g/mol. The predicted molar refractivity (Wildman–Crippen MR) is 117 cm³/mol. The molecule has 140 valence electrons. The second-order valence-corrected chi connectivity index (χ2v) is 8.20. The molecule has 0 saturated carbocycles. The average molecular weight is 434 g/mol. The second kappa shape index (κ2) is 6.78. The molecule has 1 heterocycles. The number of hydrogen-bond acceptors (Lipinski definition) is 3. The summed E-state index contributed by atoms with van der Waals surface area (Å²) < 4.78 is 6.27. The summed E-state index contributed by atoms with van der Waals surface area (Å²) in [7, 11) is 1.66. The zero-order chi connectivity index (χ0) is 19.3. The van der Waals surface area contributed by atoms with E-state index in [-0.39, 0.29) is 11.8 Å². The first-order valence-electron chi connectivity index (χ1n) is 9.55. The second-order valence-electron chi connectivity index (χ2n) is 7.35. The van der Waals surface area contributed by atoms with Gasteiger partial charge in [-0.25, -0.2) is 0 Å². The number of ketones is 1. The van der Waals surface area contributed by atoms with Crippen molar-refractivity contribution in [2.45, 2.75) is 25.3 Å². The van der Waals surface area contributed by atoms with Crippen molar-refractivity contribution in [3.63, 3.8) is 0 Å². The number of rotatable bonds is 2. The van der Waals surface area contributed by atoms with Crippen LogP contribution < -0.4 is 10.1 Å². The molecule has 0 fully saturated rings. The SMILES string of the molecule is COc1ccc([C@H]2Nc3c(ccc4ccccc34)C3=C2C(=O)CCC3)cc1Br. The van der Waals surface area contributed by atoms with Crippen LogP contribution >= 0.6 is 15.9 Å². The Hall–Kier alpha value is -2.59. The maximum absolute atomic E-state index is 13.0. The molecular formula is C24H20BrNO2. The van der Waals surface area contributed by atoms with Gasteiger partial charge < -0.3 is 10.1 Å². The van der Waals surface area contributed by atoms with Gasteiger partial charge in [0.1, 0.15) is 5.75 Å². The van der Waals surface area contributed by atoms with Crippen molar-refractivity contribution in [3.8, 4) is 5.75 Å². The topological polar surface area (TPSA) is 38.3 Å². The van der Waals surface area contributed by atoms with E-state index in [0.29, 0.717) is 6.42 Å². The normalized spacial score (nSPS) is 18.5. The molecule has 1 aliphatic heterocycles. The molecule has 2 aliphatic rings. The summed E-state index contributed by atoms with van der Waals surface area (Å²) in [5.74, 6) is 1.04. The van der Waals surface area contributed by atoms with Gasteiger partial charge >= 0.3 is 0 Å². The number of anilines is 1. The zero-order valence-electron chi connectivity index (χ0n) is 15.6. The van der Waals surface area contributed by atoms with Gasteiger partial charge in [-0.3, -0.25) is 4.79 Å². The number of methoxy groups -OCH3 is 1. The van der Waals surface area contributed by atoms with Crippen molar-refractivity contribution < 1.29 is 9.53 Å². The van der Waals surface area contributed by atoms with Crippen LogP contribution in [0.1, 0.15) is 36.4 Å². The molecule has 0 radical (unpaired) electrons. The molecule has 5 rings (SSSR count). The van der Waals surface area contributed by atoms with Crippen LogP contribution in [0, 0.1) is 0 Å². The number of allylic oxidation sites excluding steroid dienone is 1. The lowest BCUT2D eigenvalue weighted by Gasteiger charge is -2.35. The van der Waals surface area contributed by atoms with Crippen molar-refractivity contribution in [3.05, 3.63) is 75.8 Å². The summed E-state index contributed by atoms with van der Waals surface area (Å²) >= 11 is 3.59. The minimum atomic E-state index is -0.150. The van der Waals surface area contributed by atoms with Crippen LogP contribution in [0.15, 0.2) is 64.6 Å². The van der Waals surface area contributed by atoms with E-state index >= 15 is 0 Å². The van der Waals surface area contributed by atoms with E-state index in [0.717, 1.165) is 39.9 Å². The van der Waals surface area contributed by atoms with Gasteiger partial charge in [0.05, 0.1) is 23.3 Å². The highest BCUT2D eigenvalue weighted by Crippen LogP contribution is 2.48. The maximum Gasteiger partial charge on any atom is 0.161 e. The summed E-state index contributed by atoms with van der Waals surface area (Å²) in [6, 6.07) is 18.6. The van der Waals surface area contributed by atoms with Gasteiger partial charge in [-0.15, -0.1) is 0 Å². The van der Waals surface area contributed by atoms with Crippen LogP contribution in [0.3, 0.4) is 0 Å². The van der Waals surface area contributed by atoms with Gasteiger partial charge in [0.15, 0.2) is 5.78 Å². The summed E-state index contributed by atoms with van der Waals surface area (Å²) in [6.45, 7) is 0. The Morgan fingerprint density at radius 1 is 1.07 bits per heavy atom. The number of hydrogen-bond donors (Lipinski definition) is 1. The van der Waals surface area contributed by atoms with Crippen LogP contribution in [0.4, 0.5) is 5.69 Å². The number of halogens is 1. The van der Waals surface area contributed by atoms with Gasteiger partial charge in [-0.1, -0.05) is 42.5 Å². The van der Waals surface area contributed by atoms with Crippen molar-refractivity contribution in [2.75, 3.05) is 12.4 Å². The summed E-state index contributed by atoms with van der Waals surface area (Å²) in [6.07, 6.45) is 2.49. The van der Waals surface area contributed by atoms with Crippen molar-refractivity contribution in [2.24, 2.45) is 0 Å². The van der Waals surface area contributed by atoms with Gasteiger partial charge in [-0.2, -0.15) is 0 Å². The molecule has 1 atom stereocenters. The average Bonchev–Trinajstić information content (AvgIpc) is 2.73. The zero-order valence-corrected chi connectivity index (χ0v) is 17.2. The molecule has 3 aromatic rings. The third-order valence-corrected chi connectivity index (χ3v) is 6.42. The lowest BCUT2D eigenvalue weighted by Crippen LogP contribution is -2.27. The molecule has 0 unspecified atom stereocenters. The molecule has 28 heavy (non-hydrogen) atoms. The van der Waals surface area contributed by atoms with E-state index in [4.69, 9.17) is 4.74 Å². The highest BCUT2D eigenvalue weighted by Gasteiger charge is 2.34. The molecule has 0 saturated heterocycles. The Balaban J connectivity index is 1.74. The highest BCUT2D eigenvalue weighted by molar-refractivity contribution is 9.10. The molecule has 3 nitrogen and oxygen atoms in total. The van der Waals surface area contributed by atoms with E-state index in [1.54, 1.807) is 7.11 Å². The number of ether oxygens (including phenoxy) is 1. The lowest BCUT2D eigenvalue weighted by molar-refractivity contribution is -0.116. The van der Waals surface area contributed by atoms with E-state index in [1.807, 2.05) is 12.1 Å². The Bertz CT molecular complexity index is 1150. The third kappa shape index (κ3) is 2.67. The van der Waals surface area contributed by atoms with Gasteiger partial charge in [0, 0.05) is 22.9 Å². The Kier molecular flexibility index (Phi) is 4.24. The lowest BCUT2D eigenvalue weighted by atomic mass is 9.77. The third-order valence-electron chi connectivity index (χ3n) is 5.80. The van der Waals surface area contributed by atoms with Crippen LogP contribution in [-0.4, -0.2) is 12.9 Å². The van der Waals surface area contributed by atoms with Crippen LogP contribution in [0.5, 0.6) is 5.75 Å². The summed E-state index contributed by atoms with van der Waals surface area (Å²) in [4.78, 5) is 13.0. The molecule has 0 aromatic heterocycles. The van der Waals surface area contributed by atoms with Crippen molar-refractivity contribution in [1.29, 1.82) is 0 Å². The molecule has 3 aromatic carbocycles. The fourth-order valence-electron chi connectivity index (χ4n) is 4.49.